The maximum atomic E-state index is 11.6. The molecule has 1 atom stereocenters. The topological polar surface area (TPSA) is 48.1 Å². The lowest BCUT2D eigenvalue weighted by molar-refractivity contribution is 0.0987. The molecule has 0 aromatic heterocycles. The van der Waals surface area contributed by atoms with Crippen LogP contribution in [-0.4, -0.2) is 32.2 Å². The number of benzene rings is 1. The largest absolute Gasteiger partial charge is 0.493 e. The number of Topliss-reactive ketones (excluding diaryl/α,β-unsaturated/α-hetero) is 1. The number of ketones is 1. The first-order valence-electron chi connectivity index (χ1n) is 5.70. The Bertz CT molecular complexity index is 410. The molecule has 4 heteroatoms. The predicted octanol–water partition coefficient (Wildman–Crippen LogP) is 2.07. The number of rotatable bonds is 6. The molecule has 2 rings (SSSR count). The van der Waals surface area contributed by atoms with E-state index in [-0.39, 0.29) is 11.9 Å². The van der Waals surface area contributed by atoms with E-state index >= 15 is 0 Å². The molecule has 0 amide bonds. The lowest BCUT2D eigenvalue weighted by Crippen LogP contribution is -2.06. The number of ether oxygens (including phenoxy) is 3. The lowest BCUT2D eigenvalue weighted by atomic mass is 10.1. The van der Waals surface area contributed by atoms with E-state index in [0.717, 1.165) is 6.61 Å². The van der Waals surface area contributed by atoms with Gasteiger partial charge in [-0.15, -0.1) is 0 Å². The normalized spacial score (nSPS) is 17.6. The maximum absolute atomic E-state index is 11.6. The van der Waals surface area contributed by atoms with Crippen molar-refractivity contribution in [2.45, 2.75) is 19.4 Å². The van der Waals surface area contributed by atoms with E-state index in [2.05, 4.69) is 0 Å². The minimum Gasteiger partial charge on any atom is -0.493 e. The van der Waals surface area contributed by atoms with Crippen molar-refractivity contribution in [2.75, 3.05) is 20.3 Å². The lowest BCUT2D eigenvalue weighted by Gasteiger charge is -2.10. The van der Waals surface area contributed by atoms with Crippen molar-refractivity contribution >= 4 is 5.78 Å². The van der Waals surface area contributed by atoms with Crippen LogP contribution in [0.5, 0.6) is 11.5 Å². The van der Waals surface area contributed by atoms with Crippen LogP contribution < -0.4 is 9.47 Å². The van der Waals surface area contributed by atoms with Crippen molar-refractivity contribution in [3.8, 4) is 11.5 Å². The van der Waals surface area contributed by atoms with Gasteiger partial charge in [0.05, 0.1) is 13.7 Å². The number of methoxy groups -OCH3 is 1. The second-order valence-electron chi connectivity index (χ2n) is 3.91. The molecular formula is C13H16O4. The molecule has 0 radical (unpaired) electrons. The van der Waals surface area contributed by atoms with E-state index in [1.807, 2.05) is 6.92 Å². The number of carbonyl (C=O) groups is 1. The molecule has 0 saturated carbocycles. The third-order valence-electron chi connectivity index (χ3n) is 2.63. The Labute approximate surface area is 100 Å². The molecular weight excluding hydrogens is 220 g/mol. The first-order valence-corrected chi connectivity index (χ1v) is 5.70. The number of hydrogen-bond donors (Lipinski definition) is 0. The van der Waals surface area contributed by atoms with Gasteiger partial charge >= 0.3 is 0 Å². The average molecular weight is 236 g/mol. The van der Waals surface area contributed by atoms with Gasteiger partial charge in [0.25, 0.3) is 0 Å². The zero-order valence-corrected chi connectivity index (χ0v) is 10.1. The van der Waals surface area contributed by atoms with E-state index in [1.54, 1.807) is 25.3 Å². The second kappa shape index (κ2) is 5.19. The molecule has 0 spiro atoms. The molecule has 1 saturated heterocycles. The quantitative estimate of drug-likeness (QED) is 0.560. The summed E-state index contributed by atoms with van der Waals surface area (Å²) in [5.41, 5.74) is 0.652. The first kappa shape index (κ1) is 11.9. The maximum Gasteiger partial charge on any atom is 0.162 e. The molecule has 4 nitrogen and oxygen atoms in total. The standard InChI is InChI=1S/C13H16O4/c1-3-11(14)9-4-5-12(13(6-9)15-2)17-8-10-7-16-10/h4-6,10H,3,7-8H2,1-2H3. The molecule has 1 aromatic carbocycles. The zero-order chi connectivity index (χ0) is 12.3. The van der Waals surface area contributed by atoms with Crippen molar-refractivity contribution in [1.29, 1.82) is 0 Å². The van der Waals surface area contributed by atoms with Crippen molar-refractivity contribution in [1.82, 2.24) is 0 Å². The highest BCUT2D eigenvalue weighted by atomic mass is 16.6. The summed E-state index contributed by atoms with van der Waals surface area (Å²) in [5, 5.41) is 0. The first-order chi connectivity index (χ1) is 8.24. The van der Waals surface area contributed by atoms with Crippen molar-refractivity contribution < 1.29 is 19.0 Å². The van der Waals surface area contributed by atoms with E-state index in [1.165, 1.54) is 0 Å². The third kappa shape index (κ3) is 2.97. The molecule has 0 aliphatic carbocycles. The van der Waals surface area contributed by atoms with Gasteiger partial charge in [0, 0.05) is 12.0 Å². The molecule has 0 bridgehead atoms. The monoisotopic (exact) mass is 236 g/mol. The van der Waals surface area contributed by atoms with Crippen LogP contribution in [0.3, 0.4) is 0 Å². The summed E-state index contributed by atoms with van der Waals surface area (Å²) < 4.78 is 15.8. The molecule has 0 N–H and O–H groups in total. The summed E-state index contributed by atoms with van der Waals surface area (Å²) in [5.74, 6) is 1.33. The van der Waals surface area contributed by atoms with E-state index in [4.69, 9.17) is 14.2 Å². The van der Waals surface area contributed by atoms with E-state index < -0.39 is 0 Å². The highest BCUT2D eigenvalue weighted by Crippen LogP contribution is 2.29. The van der Waals surface area contributed by atoms with Crippen LogP contribution in [0.15, 0.2) is 18.2 Å². The summed E-state index contributed by atoms with van der Waals surface area (Å²) in [4.78, 5) is 11.6. The van der Waals surface area contributed by atoms with Gasteiger partial charge in [-0.05, 0) is 18.2 Å². The second-order valence-corrected chi connectivity index (χ2v) is 3.91. The van der Waals surface area contributed by atoms with Gasteiger partial charge in [0.15, 0.2) is 17.3 Å². The van der Waals surface area contributed by atoms with Crippen LogP contribution in [-0.2, 0) is 4.74 Å². The SMILES string of the molecule is CCC(=O)c1ccc(OCC2CO2)c(OC)c1. The van der Waals surface area contributed by atoms with Crippen molar-refractivity contribution in [3.05, 3.63) is 23.8 Å². The van der Waals surface area contributed by atoms with Gasteiger partial charge in [-0.2, -0.15) is 0 Å². The number of hydrogen-bond acceptors (Lipinski definition) is 4. The Hall–Kier alpha value is -1.55. The molecule has 1 aromatic rings. The molecule has 1 heterocycles. The summed E-state index contributed by atoms with van der Waals surface area (Å²) in [6.45, 7) is 3.12. The van der Waals surface area contributed by atoms with Crippen LogP contribution >= 0.6 is 0 Å². The highest BCUT2D eigenvalue weighted by Gasteiger charge is 2.23. The van der Waals surface area contributed by atoms with Gasteiger partial charge in [-0.25, -0.2) is 0 Å². The zero-order valence-electron chi connectivity index (χ0n) is 10.1. The van der Waals surface area contributed by atoms with E-state index in [0.29, 0.717) is 30.1 Å². The van der Waals surface area contributed by atoms with Crippen LogP contribution in [0.1, 0.15) is 23.7 Å². The number of carbonyl (C=O) groups excluding carboxylic acids is 1. The van der Waals surface area contributed by atoms with Crippen LogP contribution in [0.25, 0.3) is 0 Å². The Morgan fingerprint density at radius 2 is 2.24 bits per heavy atom. The Morgan fingerprint density at radius 3 is 2.82 bits per heavy atom. The third-order valence-corrected chi connectivity index (χ3v) is 2.63. The van der Waals surface area contributed by atoms with Crippen molar-refractivity contribution in [3.63, 3.8) is 0 Å². The average Bonchev–Trinajstić information content (AvgIpc) is 3.19. The summed E-state index contributed by atoms with van der Waals surface area (Å²) in [6.07, 6.45) is 0.691. The van der Waals surface area contributed by atoms with Gasteiger partial charge in [0.2, 0.25) is 0 Å². The van der Waals surface area contributed by atoms with Crippen LogP contribution in [0.4, 0.5) is 0 Å². The van der Waals surface area contributed by atoms with Gasteiger partial charge in [0.1, 0.15) is 12.7 Å². The minimum atomic E-state index is 0.0976. The Balaban J connectivity index is 2.11. The molecule has 1 unspecified atom stereocenters. The summed E-state index contributed by atoms with van der Waals surface area (Å²) in [6, 6.07) is 5.25. The summed E-state index contributed by atoms with van der Waals surface area (Å²) >= 11 is 0. The van der Waals surface area contributed by atoms with Gasteiger partial charge in [-0.1, -0.05) is 6.92 Å². The predicted molar refractivity (Wildman–Crippen MR) is 62.9 cm³/mol. The Kier molecular flexibility index (Phi) is 3.64. The molecule has 1 aliphatic rings. The van der Waals surface area contributed by atoms with Crippen molar-refractivity contribution in [2.24, 2.45) is 0 Å². The fourth-order valence-electron chi connectivity index (χ4n) is 1.51. The minimum absolute atomic E-state index is 0.0976. The van der Waals surface area contributed by atoms with Crippen LogP contribution in [0.2, 0.25) is 0 Å². The molecule has 92 valence electrons. The fraction of sp³-hybridized carbons (Fsp3) is 0.462. The van der Waals surface area contributed by atoms with Gasteiger partial charge < -0.3 is 14.2 Å². The smallest absolute Gasteiger partial charge is 0.162 e. The van der Waals surface area contributed by atoms with Gasteiger partial charge in [-0.3, -0.25) is 4.79 Å². The molecule has 1 aliphatic heterocycles. The summed E-state index contributed by atoms with van der Waals surface area (Å²) in [7, 11) is 1.57. The molecule has 17 heavy (non-hydrogen) atoms. The van der Waals surface area contributed by atoms with Crippen LogP contribution in [0, 0.1) is 0 Å². The Morgan fingerprint density at radius 1 is 1.47 bits per heavy atom. The molecule has 1 fully saturated rings. The fourth-order valence-corrected chi connectivity index (χ4v) is 1.51. The number of epoxide rings is 1. The highest BCUT2D eigenvalue weighted by molar-refractivity contribution is 5.96. The van der Waals surface area contributed by atoms with E-state index in [9.17, 15) is 4.79 Å².